The van der Waals surface area contributed by atoms with Crippen molar-refractivity contribution >= 4 is 11.8 Å². The SMILES string of the molecule is O=C([O-])N1c2ccccc2CCC1Oc1ccnc(C(F)(F)F)n1. The number of amides is 1. The molecular weight excluding hydrogens is 327 g/mol. The van der Waals surface area contributed by atoms with Crippen LogP contribution in [-0.4, -0.2) is 22.3 Å². The number of hydrogen-bond acceptors (Lipinski definition) is 5. The number of para-hydroxylation sites is 1. The van der Waals surface area contributed by atoms with Gasteiger partial charge in [-0.1, -0.05) is 18.2 Å². The van der Waals surface area contributed by atoms with Gasteiger partial charge in [0.15, 0.2) is 6.23 Å². The maximum atomic E-state index is 12.7. The summed E-state index contributed by atoms with van der Waals surface area (Å²) in [7, 11) is 0. The highest BCUT2D eigenvalue weighted by Crippen LogP contribution is 2.32. The van der Waals surface area contributed by atoms with Crippen molar-refractivity contribution in [2.24, 2.45) is 0 Å². The largest absolute Gasteiger partial charge is 0.530 e. The molecule has 126 valence electrons. The highest BCUT2D eigenvalue weighted by atomic mass is 19.4. The van der Waals surface area contributed by atoms with E-state index in [0.717, 1.165) is 22.7 Å². The Balaban J connectivity index is 1.89. The molecule has 24 heavy (non-hydrogen) atoms. The summed E-state index contributed by atoms with van der Waals surface area (Å²) >= 11 is 0. The Bertz CT molecular complexity index is 767. The first kappa shape index (κ1) is 16.0. The smallest absolute Gasteiger partial charge is 0.451 e. The maximum absolute atomic E-state index is 12.7. The molecule has 1 atom stereocenters. The molecule has 3 rings (SSSR count). The van der Waals surface area contributed by atoms with E-state index in [1.54, 1.807) is 24.3 Å². The molecule has 1 aliphatic rings. The van der Waals surface area contributed by atoms with Crippen LogP contribution < -0.4 is 14.7 Å². The van der Waals surface area contributed by atoms with Crippen LogP contribution in [0.3, 0.4) is 0 Å². The number of hydrogen-bond donors (Lipinski definition) is 0. The van der Waals surface area contributed by atoms with Gasteiger partial charge in [0.25, 0.3) is 0 Å². The number of carbonyl (C=O) groups excluding carboxylic acids is 1. The molecule has 0 bridgehead atoms. The monoisotopic (exact) mass is 338 g/mol. The summed E-state index contributed by atoms with van der Waals surface area (Å²) in [6, 6.07) is 7.93. The average Bonchev–Trinajstić information content (AvgIpc) is 2.53. The van der Waals surface area contributed by atoms with Crippen molar-refractivity contribution in [3.63, 3.8) is 0 Å². The molecule has 1 aromatic carbocycles. The molecular formula is C15H11F3N3O3-. The van der Waals surface area contributed by atoms with Gasteiger partial charge >= 0.3 is 6.18 Å². The second-order valence-electron chi connectivity index (χ2n) is 5.09. The molecule has 0 spiro atoms. The zero-order chi connectivity index (χ0) is 17.3. The normalized spacial score (nSPS) is 17.3. The molecule has 9 heteroatoms. The van der Waals surface area contributed by atoms with Gasteiger partial charge in [0.1, 0.15) is 6.09 Å². The Morgan fingerprint density at radius 3 is 2.75 bits per heavy atom. The van der Waals surface area contributed by atoms with E-state index in [1.807, 2.05) is 0 Å². The summed E-state index contributed by atoms with van der Waals surface area (Å²) < 4.78 is 43.3. The maximum Gasteiger partial charge on any atom is 0.451 e. The number of rotatable bonds is 2. The van der Waals surface area contributed by atoms with E-state index in [9.17, 15) is 23.1 Å². The minimum atomic E-state index is -4.72. The van der Waals surface area contributed by atoms with Crippen LogP contribution in [0.25, 0.3) is 0 Å². The van der Waals surface area contributed by atoms with E-state index in [2.05, 4.69) is 9.97 Å². The van der Waals surface area contributed by atoms with E-state index in [0.29, 0.717) is 12.1 Å². The quantitative estimate of drug-likeness (QED) is 0.837. The lowest BCUT2D eigenvalue weighted by molar-refractivity contribution is -0.248. The minimum Gasteiger partial charge on any atom is -0.530 e. The predicted octanol–water partition coefficient (Wildman–Crippen LogP) is 2.00. The highest BCUT2D eigenvalue weighted by molar-refractivity contribution is 5.86. The first-order valence-electron chi connectivity index (χ1n) is 7.01. The minimum absolute atomic E-state index is 0.260. The summed E-state index contributed by atoms with van der Waals surface area (Å²) in [5.74, 6) is -1.70. The average molecular weight is 338 g/mol. The van der Waals surface area contributed by atoms with Crippen LogP contribution in [0.4, 0.5) is 23.7 Å². The molecule has 1 unspecified atom stereocenters. The van der Waals surface area contributed by atoms with E-state index in [1.165, 1.54) is 0 Å². The Kier molecular flexibility index (Phi) is 4.00. The van der Waals surface area contributed by atoms with E-state index in [4.69, 9.17) is 4.74 Å². The van der Waals surface area contributed by atoms with Gasteiger partial charge in [0.2, 0.25) is 11.7 Å². The number of carbonyl (C=O) groups is 1. The third-order valence-corrected chi connectivity index (χ3v) is 3.54. The molecule has 0 aliphatic carbocycles. The molecule has 1 amide bonds. The third kappa shape index (κ3) is 3.10. The van der Waals surface area contributed by atoms with Crippen LogP contribution in [0.1, 0.15) is 17.8 Å². The molecule has 0 fully saturated rings. The number of ether oxygens (including phenoxy) is 1. The van der Waals surface area contributed by atoms with Gasteiger partial charge < -0.3 is 14.6 Å². The van der Waals surface area contributed by atoms with Gasteiger partial charge in [-0.05, 0) is 18.1 Å². The first-order chi connectivity index (χ1) is 11.4. The lowest BCUT2D eigenvalue weighted by Crippen LogP contribution is -2.52. The second kappa shape index (κ2) is 5.99. The topological polar surface area (TPSA) is 78.4 Å². The second-order valence-corrected chi connectivity index (χ2v) is 5.09. The van der Waals surface area contributed by atoms with Crippen molar-refractivity contribution in [1.29, 1.82) is 0 Å². The van der Waals surface area contributed by atoms with Crippen molar-refractivity contribution in [1.82, 2.24) is 9.97 Å². The van der Waals surface area contributed by atoms with Crippen LogP contribution in [0, 0.1) is 0 Å². The van der Waals surface area contributed by atoms with Crippen molar-refractivity contribution in [2.75, 3.05) is 4.90 Å². The van der Waals surface area contributed by atoms with Gasteiger partial charge in [-0.3, -0.25) is 4.90 Å². The zero-order valence-electron chi connectivity index (χ0n) is 12.2. The highest BCUT2D eigenvalue weighted by Gasteiger charge is 2.35. The van der Waals surface area contributed by atoms with Crippen LogP contribution in [0.15, 0.2) is 36.5 Å². The van der Waals surface area contributed by atoms with E-state index >= 15 is 0 Å². The number of alkyl halides is 3. The van der Waals surface area contributed by atoms with Crippen LogP contribution >= 0.6 is 0 Å². The molecule has 2 heterocycles. The Morgan fingerprint density at radius 2 is 2.04 bits per heavy atom. The fourth-order valence-electron chi connectivity index (χ4n) is 2.53. The number of fused-ring (bicyclic) bond motifs is 1. The summed E-state index contributed by atoms with van der Waals surface area (Å²) in [5.41, 5.74) is 1.18. The molecule has 0 saturated carbocycles. The number of aryl methyl sites for hydroxylation is 1. The number of aromatic nitrogens is 2. The third-order valence-electron chi connectivity index (χ3n) is 3.54. The van der Waals surface area contributed by atoms with Crippen molar-refractivity contribution in [2.45, 2.75) is 25.2 Å². The predicted molar refractivity (Wildman–Crippen MR) is 74.1 cm³/mol. The number of carboxylic acid groups (broad SMARTS) is 1. The van der Waals surface area contributed by atoms with Gasteiger partial charge in [-0.15, -0.1) is 0 Å². The Hall–Kier alpha value is -2.84. The van der Waals surface area contributed by atoms with E-state index in [-0.39, 0.29) is 12.3 Å². The van der Waals surface area contributed by atoms with Crippen molar-refractivity contribution in [3.05, 3.63) is 47.9 Å². The van der Waals surface area contributed by atoms with Gasteiger partial charge in [-0.25, -0.2) is 4.98 Å². The molecule has 6 nitrogen and oxygen atoms in total. The first-order valence-corrected chi connectivity index (χ1v) is 7.01. The fourth-order valence-corrected chi connectivity index (χ4v) is 2.53. The van der Waals surface area contributed by atoms with Gasteiger partial charge in [-0.2, -0.15) is 18.2 Å². The molecule has 2 aromatic rings. The van der Waals surface area contributed by atoms with E-state index < -0.39 is 24.3 Å². The standard InChI is InChI=1S/C15H12F3N3O3/c16-15(17,18)13-19-8-7-11(20-13)24-12-6-5-9-3-1-2-4-10(9)21(12)14(22)23/h1-4,7-8,12H,5-6H2,(H,22,23)/p-1. The van der Waals surface area contributed by atoms with Gasteiger partial charge in [0.05, 0.1) is 0 Å². The number of anilines is 1. The Labute approximate surface area is 134 Å². The van der Waals surface area contributed by atoms with Crippen molar-refractivity contribution < 1.29 is 27.8 Å². The van der Waals surface area contributed by atoms with Crippen molar-refractivity contribution in [3.8, 4) is 5.88 Å². The molecule has 0 radical (unpaired) electrons. The van der Waals surface area contributed by atoms with Crippen LogP contribution in [-0.2, 0) is 12.6 Å². The number of halogens is 3. The van der Waals surface area contributed by atoms with Crippen LogP contribution in [0.2, 0.25) is 0 Å². The lowest BCUT2D eigenvalue weighted by atomic mass is 10.0. The molecule has 0 N–H and O–H groups in total. The fraction of sp³-hybridized carbons (Fsp3) is 0.267. The number of nitrogens with zero attached hydrogens (tertiary/aromatic N) is 3. The summed E-state index contributed by atoms with van der Waals surface area (Å²) in [6.45, 7) is 0. The lowest BCUT2D eigenvalue weighted by Gasteiger charge is -2.38. The zero-order valence-corrected chi connectivity index (χ0v) is 12.2. The van der Waals surface area contributed by atoms with Gasteiger partial charge in [0, 0.05) is 24.4 Å². The molecule has 0 saturated heterocycles. The summed E-state index contributed by atoms with van der Waals surface area (Å²) in [4.78, 5) is 18.8. The summed E-state index contributed by atoms with van der Waals surface area (Å²) in [5, 5.41) is 11.5. The number of benzene rings is 1. The summed E-state index contributed by atoms with van der Waals surface area (Å²) in [6.07, 6.45) is -5.56. The molecule has 1 aromatic heterocycles. The Morgan fingerprint density at radius 1 is 1.29 bits per heavy atom. The van der Waals surface area contributed by atoms with Crippen LogP contribution in [0.5, 0.6) is 5.88 Å². The molecule has 1 aliphatic heterocycles.